The first-order valence-electron chi connectivity index (χ1n) is 3.93. The van der Waals surface area contributed by atoms with E-state index in [0.29, 0.717) is 0 Å². The van der Waals surface area contributed by atoms with E-state index in [1.165, 1.54) is 10.9 Å². The molecule has 0 fully saturated rings. The minimum atomic E-state index is 0. The molecular formula is C11H10IN. The average Bonchev–Trinajstić information content (AvgIpc) is 2.17. The predicted octanol–water partition coefficient (Wildman–Crippen LogP) is -0.768. The second-order valence-corrected chi connectivity index (χ2v) is 2.66. The maximum absolute atomic E-state index is 3.74. The molecule has 1 nitrogen and oxygen atoms in total. The van der Waals surface area contributed by atoms with Crippen LogP contribution in [0.1, 0.15) is 0 Å². The van der Waals surface area contributed by atoms with Crippen LogP contribution in [-0.4, -0.2) is 0 Å². The number of pyridine rings is 1. The van der Waals surface area contributed by atoms with Gasteiger partial charge in [-0.15, -0.1) is 0 Å². The number of halogens is 1. The van der Waals surface area contributed by atoms with Crippen LogP contribution in [0.15, 0.2) is 49.2 Å². The molecule has 0 aliphatic rings. The molecule has 2 aromatic rings. The van der Waals surface area contributed by atoms with Crippen molar-refractivity contribution in [2.75, 3.05) is 0 Å². The summed E-state index contributed by atoms with van der Waals surface area (Å²) >= 11 is 0. The number of hydrogen-bond donors (Lipinski definition) is 0. The van der Waals surface area contributed by atoms with Crippen LogP contribution in [0.25, 0.3) is 17.1 Å². The van der Waals surface area contributed by atoms with Gasteiger partial charge in [-0.1, -0.05) is 12.1 Å². The molecule has 0 saturated carbocycles. The topological polar surface area (TPSA) is 3.88 Å². The molecule has 66 valence electrons. The average molecular weight is 283 g/mol. The van der Waals surface area contributed by atoms with Crippen molar-refractivity contribution in [2.45, 2.75) is 0 Å². The molecule has 1 aromatic heterocycles. The summed E-state index contributed by atoms with van der Waals surface area (Å²) in [6.45, 7) is 3.74. The van der Waals surface area contributed by atoms with Crippen molar-refractivity contribution >= 4 is 17.1 Å². The first kappa shape index (κ1) is 10.2. The Hall–Kier alpha value is -0.900. The van der Waals surface area contributed by atoms with Crippen LogP contribution in [0.3, 0.4) is 0 Å². The lowest BCUT2D eigenvalue weighted by Gasteiger charge is -1.93. The highest BCUT2D eigenvalue weighted by atomic mass is 127. The van der Waals surface area contributed by atoms with Gasteiger partial charge in [0.1, 0.15) is 0 Å². The summed E-state index contributed by atoms with van der Waals surface area (Å²) in [4.78, 5) is 0. The van der Waals surface area contributed by atoms with Gasteiger partial charge < -0.3 is 24.0 Å². The Morgan fingerprint density at radius 1 is 1.08 bits per heavy atom. The molecule has 0 aliphatic carbocycles. The van der Waals surface area contributed by atoms with Crippen LogP contribution < -0.4 is 28.5 Å². The smallest absolute Gasteiger partial charge is 0.217 e. The summed E-state index contributed by atoms with van der Waals surface area (Å²) in [5, 5.41) is 1.24. The highest BCUT2D eigenvalue weighted by Crippen LogP contribution is 2.07. The Balaban J connectivity index is 0.000000845. The van der Waals surface area contributed by atoms with E-state index in [0.717, 1.165) is 0 Å². The van der Waals surface area contributed by atoms with Crippen LogP contribution in [0.2, 0.25) is 0 Å². The number of para-hydroxylation sites is 1. The fraction of sp³-hybridized carbons (Fsp3) is 0. The summed E-state index contributed by atoms with van der Waals surface area (Å²) in [6.07, 6.45) is 3.80. The Kier molecular flexibility index (Phi) is 3.42. The number of rotatable bonds is 1. The monoisotopic (exact) mass is 283 g/mol. The maximum atomic E-state index is 3.74. The Labute approximate surface area is 94.7 Å². The van der Waals surface area contributed by atoms with E-state index in [2.05, 4.69) is 24.8 Å². The third kappa shape index (κ3) is 1.88. The second kappa shape index (κ2) is 4.37. The molecule has 1 heterocycles. The van der Waals surface area contributed by atoms with Gasteiger partial charge in [-0.3, -0.25) is 0 Å². The lowest BCUT2D eigenvalue weighted by Crippen LogP contribution is -3.00. The van der Waals surface area contributed by atoms with E-state index >= 15 is 0 Å². The quantitative estimate of drug-likeness (QED) is 0.478. The summed E-state index contributed by atoms with van der Waals surface area (Å²) in [6, 6.07) is 12.4. The Morgan fingerprint density at radius 3 is 2.54 bits per heavy atom. The Bertz CT molecular complexity index is 418. The predicted molar refractivity (Wildman–Crippen MR) is 50.5 cm³/mol. The minimum Gasteiger partial charge on any atom is -1.00 e. The first-order chi connectivity index (χ1) is 5.92. The molecule has 0 saturated heterocycles. The molecule has 0 N–H and O–H groups in total. The molecule has 0 bridgehead atoms. The van der Waals surface area contributed by atoms with Crippen LogP contribution in [0.4, 0.5) is 0 Å². The maximum Gasteiger partial charge on any atom is 0.217 e. The molecule has 0 radical (unpaired) electrons. The molecule has 2 heteroatoms. The number of aromatic nitrogens is 1. The van der Waals surface area contributed by atoms with Crippen molar-refractivity contribution in [3.05, 3.63) is 49.2 Å². The first-order valence-corrected chi connectivity index (χ1v) is 3.93. The fourth-order valence-corrected chi connectivity index (χ4v) is 1.34. The normalized spacial score (nSPS) is 9.23. The Morgan fingerprint density at radius 2 is 1.77 bits per heavy atom. The third-order valence-corrected chi connectivity index (χ3v) is 1.93. The van der Waals surface area contributed by atoms with Gasteiger partial charge in [-0.25, -0.2) is 0 Å². The number of nitrogens with zero attached hydrogens (tertiary/aromatic N) is 1. The summed E-state index contributed by atoms with van der Waals surface area (Å²) < 4.78 is 2.01. The SMILES string of the molecule is C=C[n+]1cccc2ccccc21.[I-]. The molecule has 13 heavy (non-hydrogen) atoms. The van der Waals surface area contributed by atoms with Gasteiger partial charge in [0.25, 0.3) is 0 Å². The zero-order valence-corrected chi connectivity index (χ0v) is 9.31. The van der Waals surface area contributed by atoms with E-state index in [9.17, 15) is 0 Å². The van der Waals surface area contributed by atoms with Crippen LogP contribution >= 0.6 is 0 Å². The van der Waals surface area contributed by atoms with Crippen LogP contribution in [-0.2, 0) is 0 Å². The minimum absolute atomic E-state index is 0. The lowest BCUT2D eigenvalue weighted by atomic mass is 10.2. The molecule has 0 atom stereocenters. The summed E-state index contributed by atoms with van der Waals surface area (Å²) in [5.74, 6) is 0. The van der Waals surface area contributed by atoms with Crippen molar-refractivity contribution in [3.63, 3.8) is 0 Å². The summed E-state index contributed by atoms with van der Waals surface area (Å²) in [5.41, 5.74) is 1.19. The zero-order chi connectivity index (χ0) is 8.39. The lowest BCUT2D eigenvalue weighted by molar-refractivity contribution is -0.538. The molecular weight excluding hydrogens is 273 g/mol. The number of hydrogen-bond acceptors (Lipinski definition) is 0. The largest absolute Gasteiger partial charge is 1.00 e. The van der Waals surface area contributed by atoms with Gasteiger partial charge in [0, 0.05) is 17.5 Å². The highest BCUT2D eigenvalue weighted by Gasteiger charge is 2.01. The van der Waals surface area contributed by atoms with Gasteiger partial charge >= 0.3 is 0 Å². The van der Waals surface area contributed by atoms with Crippen molar-refractivity contribution in [2.24, 2.45) is 0 Å². The van der Waals surface area contributed by atoms with Gasteiger partial charge in [0.15, 0.2) is 12.4 Å². The van der Waals surface area contributed by atoms with E-state index < -0.39 is 0 Å². The number of benzene rings is 1. The zero-order valence-electron chi connectivity index (χ0n) is 7.15. The third-order valence-electron chi connectivity index (χ3n) is 1.93. The van der Waals surface area contributed by atoms with Gasteiger partial charge in [-0.2, -0.15) is 4.57 Å². The van der Waals surface area contributed by atoms with Gasteiger partial charge in [-0.05, 0) is 18.7 Å². The molecule has 0 aliphatic heterocycles. The molecule has 0 spiro atoms. The van der Waals surface area contributed by atoms with Crippen molar-refractivity contribution < 1.29 is 28.5 Å². The summed E-state index contributed by atoms with van der Waals surface area (Å²) in [7, 11) is 0. The molecule has 0 unspecified atom stereocenters. The molecule has 1 aromatic carbocycles. The fourth-order valence-electron chi connectivity index (χ4n) is 1.34. The van der Waals surface area contributed by atoms with Crippen molar-refractivity contribution in [1.29, 1.82) is 0 Å². The molecule has 2 rings (SSSR count). The van der Waals surface area contributed by atoms with E-state index in [1.54, 1.807) is 0 Å². The van der Waals surface area contributed by atoms with Crippen LogP contribution in [0, 0.1) is 0 Å². The highest BCUT2D eigenvalue weighted by molar-refractivity contribution is 5.75. The van der Waals surface area contributed by atoms with Crippen molar-refractivity contribution in [1.82, 2.24) is 0 Å². The van der Waals surface area contributed by atoms with E-state index in [4.69, 9.17) is 0 Å². The van der Waals surface area contributed by atoms with Crippen LogP contribution in [0.5, 0.6) is 0 Å². The van der Waals surface area contributed by atoms with Gasteiger partial charge in [0.2, 0.25) is 5.52 Å². The second-order valence-electron chi connectivity index (χ2n) is 2.66. The standard InChI is InChI=1S/C11H10N.HI/c1-2-12-9-5-7-10-6-3-4-8-11(10)12;/h2-9H,1H2;1H/q+1;/p-1. The molecule has 0 amide bonds. The van der Waals surface area contributed by atoms with E-state index in [-0.39, 0.29) is 24.0 Å². The number of fused-ring (bicyclic) bond motifs is 1. The van der Waals surface area contributed by atoms with Gasteiger partial charge in [0.05, 0.1) is 0 Å². The van der Waals surface area contributed by atoms with Crippen molar-refractivity contribution in [3.8, 4) is 0 Å². The van der Waals surface area contributed by atoms with E-state index in [1.807, 2.05) is 35.2 Å².